The largest absolute Gasteiger partial charge is 0.350 e. The highest BCUT2D eigenvalue weighted by atomic mass is 16.1. The van der Waals surface area contributed by atoms with Gasteiger partial charge in [-0.15, -0.1) is 0 Å². The normalized spacial score (nSPS) is 11.0. The van der Waals surface area contributed by atoms with Crippen molar-refractivity contribution in [1.29, 1.82) is 0 Å². The lowest BCUT2D eigenvalue weighted by Crippen LogP contribution is -2.13. The summed E-state index contributed by atoms with van der Waals surface area (Å²) in [4.78, 5) is 12.4. The molecule has 0 fully saturated rings. The second-order valence-corrected chi connectivity index (χ2v) is 6.42. The van der Waals surface area contributed by atoms with Crippen LogP contribution in [0.25, 0.3) is 10.9 Å². The fourth-order valence-electron chi connectivity index (χ4n) is 3.23. The number of nitrogens with zero attached hydrogens (tertiary/aromatic N) is 3. The number of hydrogen-bond acceptors (Lipinski definition) is 2. The number of nitrogens with one attached hydrogen (secondary N) is 1. The molecule has 1 N–H and O–H groups in total. The summed E-state index contributed by atoms with van der Waals surface area (Å²) in [5.74, 6) is -0.0411. The Morgan fingerprint density at radius 2 is 1.81 bits per heavy atom. The van der Waals surface area contributed by atoms with Crippen LogP contribution < -0.4 is 5.32 Å². The number of rotatable bonds is 5. The van der Waals surface area contributed by atoms with Crippen molar-refractivity contribution >= 4 is 22.5 Å². The first-order valence-electron chi connectivity index (χ1n) is 8.58. The molecule has 0 atom stereocenters. The van der Waals surface area contributed by atoms with Crippen LogP contribution in [0.3, 0.4) is 0 Å². The fraction of sp³-hybridized carbons (Fsp3) is 0.143. The van der Waals surface area contributed by atoms with Crippen molar-refractivity contribution < 1.29 is 4.79 Å². The van der Waals surface area contributed by atoms with Crippen LogP contribution in [0.2, 0.25) is 0 Å². The van der Waals surface area contributed by atoms with Gasteiger partial charge in [-0.05, 0) is 17.2 Å². The van der Waals surface area contributed by atoms with Crippen molar-refractivity contribution in [2.45, 2.75) is 13.0 Å². The molecule has 2 heterocycles. The Morgan fingerprint density at radius 3 is 2.65 bits per heavy atom. The van der Waals surface area contributed by atoms with Gasteiger partial charge in [-0.3, -0.25) is 9.48 Å². The Balaban J connectivity index is 1.43. The van der Waals surface area contributed by atoms with Crippen LogP contribution in [0, 0.1) is 0 Å². The predicted octanol–water partition coefficient (Wildman–Crippen LogP) is 3.60. The summed E-state index contributed by atoms with van der Waals surface area (Å²) in [6, 6.07) is 18.2. The maximum absolute atomic E-state index is 12.4. The number of aryl methyl sites for hydroxylation is 1. The van der Waals surface area contributed by atoms with Crippen molar-refractivity contribution in [1.82, 2.24) is 14.3 Å². The molecule has 130 valence electrons. The topological polar surface area (TPSA) is 51.9 Å². The highest BCUT2D eigenvalue weighted by Gasteiger charge is 2.11. The summed E-state index contributed by atoms with van der Waals surface area (Å²) in [5.41, 5.74) is 4.04. The van der Waals surface area contributed by atoms with Crippen molar-refractivity contribution in [3.05, 3.63) is 84.3 Å². The zero-order chi connectivity index (χ0) is 17.9. The van der Waals surface area contributed by atoms with Crippen LogP contribution in [0.4, 0.5) is 5.69 Å². The van der Waals surface area contributed by atoms with E-state index in [1.807, 2.05) is 54.5 Å². The maximum atomic E-state index is 12.4. The van der Waals surface area contributed by atoms with Crippen LogP contribution in [0.15, 0.2) is 73.2 Å². The zero-order valence-electron chi connectivity index (χ0n) is 14.6. The summed E-state index contributed by atoms with van der Waals surface area (Å²) in [6.07, 6.45) is 5.90. The van der Waals surface area contributed by atoms with Crippen LogP contribution in [0.1, 0.15) is 11.1 Å². The molecule has 4 rings (SSSR count). The van der Waals surface area contributed by atoms with Gasteiger partial charge in [-0.1, -0.05) is 48.5 Å². The number of aromatic nitrogens is 3. The molecule has 5 heteroatoms. The van der Waals surface area contributed by atoms with E-state index in [4.69, 9.17) is 0 Å². The number of carbonyl (C=O) groups is 1. The summed E-state index contributed by atoms with van der Waals surface area (Å²) >= 11 is 0. The van der Waals surface area contributed by atoms with Gasteiger partial charge in [-0.2, -0.15) is 5.10 Å². The highest BCUT2D eigenvalue weighted by molar-refractivity contribution is 5.95. The fourth-order valence-corrected chi connectivity index (χ4v) is 3.23. The highest BCUT2D eigenvalue weighted by Crippen LogP contribution is 2.21. The standard InChI is InChI=1S/C21H20N4O/c1-24-14-17(19-9-5-6-10-20(19)24)11-21(26)23-18-12-22-25(15-18)13-16-7-3-2-4-8-16/h2-10,12,14-15H,11,13H2,1H3,(H,23,26). The van der Waals surface area contributed by atoms with Gasteiger partial charge in [0.1, 0.15) is 0 Å². The smallest absolute Gasteiger partial charge is 0.228 e. The lowest BCUT2D eigenvalue weighted by Gasteiger charge is -2.02. The zero-order valence-corrected chi connectivity index (χ0v) is 14.6. The third-order valence-corrected chi connectivity index (χ3v) is 4.43. The van der Waals surface area contributed by atoms with Gasteiger partial charge in [0, 0.05) is 30.3 Å². The average molecular weight is 344 g/mol. The molecule has 0 radical (unpaired) electrons. The number of benzene rings is 2. The molecule has 0 unspecified atom stereocenters. The Morgan fingerprint density at radius 1 is 1.04 bits per heavy atom. The van der Waals surface area contributed by atoms with Gasteiger partial charge >= 0.3 is 0 Å². The summed E-state index contributed by atoms with van der Waals surface area (Å²) in [5, 5.41) is 8.38. The van der Waals surface area contributed by atoms with Crippen molar-refractivity contribution in [3.63, 3.8) is 0 Å². The minimum atomic E-state index is -0.0411. The Kier molecular flexibility index (Phi) is 4.27. The van der Waals surface area contributed by atoms with Crippen molar-refractivity contribution in [2.24, 2.45) is 7.05 Å². The van der Waals surface area contributed by atoms with E-state index in [9.17, 15) is 4.79 Å². The molecule has 2 aromatic carbocycles. The van der Waals surface area contributed by atoms with E-state index in [-0.39, 0.29) is 5.91 Å². The monoisotopic (exact) mass is 344 g/mol. The summed E-state index contributed by atoms with van der Waals surface area (Å²) in [7, 11) is 2.00. The van der Waals surface area contributed by atoms with Gasteiger partial charge in [0.2, 0.25) is 5.91 Å². The molecule has 0 bridgehead atoms. The SMILES string of the molecule is Cn1cc(CC(=O)Nc2cnn(Cc3ccccc3)c2)c2ccccc21. The molecule has 1 amide bonds. The quantitative estimate of drug-likeness (QED) is 0.601. The second-order valence-electron chi connectivity index (χ2n) is 6.42. The third-order valence-electron chi connectivity index (χ3n) is 4.43. The Hall–Kier alpha value is -3.34. The van der Waals surface area contributed by atoms with Gasteiger partial charge < -0.3 is 9.88 Å². The molecule has 0 aliphatic carbocycles. The number of anilines is 1. The minimum absolute atomic E-state index is 0.0411. The third kappa shape index (κ3) is 3.37. The molecule has 0 saturated heterocycles. The van der Waals surface area contributed by atoms with E-state index in [0.29, 0.717) is 18.7 Å². The summed E-state index contributed by atoms with van der Waals surface area (Å²) in [6.45, 7) is 0.681. The summed E-state index contributed by atoms with van der Waals surface area (Å²) < 4.78 is 3.87. The Labute approximate surface area is 151 Å². The van der Waals surface area contributed by atoms with E-state index >= 15 is 0 Å². The molecule has 0 aliphatic heterocycles. The molecule has 2 aromatic heterocycles. The van der Waals surface area contributed by atoms with Crippen LogP contribution in [-0.2, 0) is 24.8 Å². The first-order valence-corrected chi connectivity index (χ1v) is 8.58. The van der Waals surface area contributed by atoms with Gasteiger partial charge in [0.25, 0.3) is 0 Å². The molecule has 5 nitrogen and oxygen atoms in total. The number of amides is 1. The van der Waals surface area contributed by atoms with E-state index < -0.39 is 0 Å². The number of fused-ring (bicyclic) bond motifs is 1. The molecule has 0 aliphatic rings. The molecular formula is C21H20N4O. The van der Waals surface area contributed by atoms with E-state index in [0.717, 1.165) is 16.5 Å². The lowest BCUT2D eigenvalue weighted by atomic mass is 10.1. The first-order chi connectivity index (χ1) is 12.7. The van der Waals surface area contributed by atoms with Crippen molar-refractivity contribution in [3.8, 4) is 0 Å². The van der Waals surface area contributed by atoms with E-state index in [1.165, 1.54) is 5.56 Å². The molecule has 26 heavy (non-hydrogen) atoms. The lowest BCUT2D eigenvalue weighted by molar-refractivity contribution is -0.115. The molecule has 0 saturated carbocycles. The van der Waals surface area contributed by atoms with Gasteiger partial charge in [0.05, 0.1) is 24.8 Å². The van der Waals surface area contributed by atoms with E-state index in [2.05, 4.69) is 39.2 Å². The molecular weight excluding hydrogens is 324 g/mol. The predicted molar refractivity (Wildman–Crippen MR) is 103 cm³/mol. The second kappa shape index (κ2) is 6.88. The van der Waals surface area contributed by atoms with Gasteiger partial charge in [0.15, 0.2) is 0 Å². The van der Waals surface area contributed by atoms with Crippen LogP contribution in [-0.4, -0.2) is 20.3 Å². The van der Waals surface area contributed by atoms with Crippen molar-refractivity contribution in [2.75, 3.05) is 5.32 Å². The molecule has 0 spiro atoms. The Bertz CT molecular complexity index is 1050. The number of hydrogen-bond donors (Lipinski definition) is 1. The molecule has 4 aromatic rings. The average Bonchev–Trinajstić information content (AvgIpc) is 3.21. The maximum Gasteiger partial charge on any atom is 0.228 e. The van der Waals surface area contributed by atoms with Crippen LogP contribution >= 0.6 is 0 Å². The first kappa shape index (κ1) is 16.1. The van der Waals surface area contributed by atoms with Crippen LogP contribution in [0.5, 0.6) is 0 Å². The number of carbonyl (C=O) groups excluding carboxylic acids is 1. The van der Waals surface area contributed by atoms with E-state index in [1.54, 1.807) is 6.20 Å². The minimum Gasteiger partial charge on any atom is -0.350 e. The van der Waals surface area contributed by atoms with Gasteiger partial charge in [-0.25, -0.2) is 0 Å². The number of para-hydroxylation sites is 1.